The topological polar surface area (TPSA) is 92.1 Å². The van der Waals surface area contributed by atoms with Crippen molar-refractivity contribution in [3.63, 3.8) is 0 Å². The molecule has 0 aliphatic carbocycles. The Kier molecular flexibility index (Phi) is 5.56. The fourth-order valence-electron chi connectivity index (χ4n) is 4.12. The molecule has 170 valence electrons. The second kappa shape index (κ2) is 8.07. The molecule has 0 unspecified atom stereocenters. The molecule has 0 bridgehead atoms. The van der Waals surface area contributed by atoms with Crippen molar-refractivity contribution in [1.29, 1.82) is 0 Å². The molecular weight excluding hydrogens is 425 g/mol. The lowest BCUT2D eigenvalue weighted by atomic mass is 9.90. The van der Waals surface area contributed by atoms with Gasteiger partial charge in [0.15, 0.2) is 0 Å². The summed E-state index contributed by atoms with van der Waals surface area (Å²) in [4.78, 5) is 33.5. The van der Waals surface area contributed by atoms with Crippen LogP contribution < -0.4 is 5.56 Å². The van der Waals surface area contributed by atoms with Gasteiger partial charge < -0.3 is 14.4 Å². The van der Waals surface area contributed by atoms with Gasteiger partial charge in [0.05, 0.1) is 16.6 Å². The lowest BCUT2D eigenvalue weighted by Crippen LogP contribution is -2.40. The van der Waals surface area contributed by atoms with E-state index in [0.717, 1.165) is 11.8 Å². The average Bonchev–Trinajstić information content (AvgIpc) is 3.15. The molecule has 0 saturated carbocycles. The number of rotatable bonds is 3. The SMILES string of the molecule is Cc1cc(C(F)(F)F)c2c(C3CCN(C(=O)c4ccc(C(C)C)[nH]c4=O)CC3)noc2n1. The minimum absolute atomic E-state index is 0.0544. The zero-order valence-electron chi connectivity index (χ0n) is 17.9. The van der Waals surface area contributed by atoms with E-state index in [9.17, 15) is 22.8 Å². The van der Waals surface area contributed by atoms with Crippen molar-refractivity contribution < 1.29 is 22.5 Å². The van der Waals surface area contributed by atoms with Crippen LogP contribution in [0.5, 0.6) is 0 Å². The van der Waals surface area contributed by atoms with E-state index in [1.54, 1.807) is 11.0 Å². The number of alkyl halides is 3. The maximum atomic E-state index is 13.6. The second-order valence-corrected chi connectivity index (χ2v) is 8.43. The highest BCUT2D eigenvalue weighted by Crippen LogP contribution is 2.40. The molecule has 0 aromatic carbocycles. The number of hydrogen-bond acceptors (Lipinski definition) is 5. The maximum Gasteiger partial charge on any atom is 0.417 e. The van der Waals surface area contributed by atoms with Crippen molar-refractivity contribution in [3.8, 4) is 0 Å². The first-order valence-electron chi connectivity index (χ1n) is 10.4. The minimum Gasteiger partial charge on any atom is -0.338 e. The number of aromatic nitrogens is 3. The molecule has 4 rings (SSSR count). The number of carbonyl (C=O) groups excluding carboxylic acids is 1. The van der Waals surface area contributed by atoms with Crippen molar-refractivity contribution in [2.24, 2.45) is 0 Å². The molecule has 7 nitrogen and oxygen atoms in total. The van der Waals surface area contributed by atoms with E-state index in [0.29, 0.717) is 25.9 Å². The van der Waals surface area contributed by atoms with E-state index in [1.807, 2.05) is 13.8 Å². The predicted molar refractivity (Wildman–Crippen MR) is 111 cm³/mol. The van der Waals surface area contributed by atoms with E-state index in [-0.39, 0.29) is 39.9 Å². The van der Waals surface area contributed by atoms with Crippen LogP contribution >= 0.6 is 0 Å². The Balaban J connectivity index is 1.55. The first kappa shape index (κ1) is 22.0. The zero-order chi connectivity index (χ0) is 23.2. The Bertz CT molecular complexity index is 1220. The average molecular weight is 448 g/mol. The molecule has 0 radical (unpaired) electrons. The van der Waals surface area contributed by atoms with Gasteiger partial charge in [-0.25, -0.2) is 4.98 Å². The van der Waals surface area contributed by atoms with Crippen LogP contribution in [0.2, 0.25) is 0 Å². The lowest BCUT2D eigenvalue weighted by Gasteiger charge is -2.31. The Morgan fingerprint density at radius 2 is 1.94 bits per heavy atom. The highest BCUT2D eigenvalue weighted by molar-refractivity contribution is 5.94. The largest absolute Gasteiger partial charge is 0.417 e. The Hall–Kier alpha value is -3.17. The summed E-state index contributed by atoms with van der Waals surface area (Å²) in [6.45, 7) is 5.93. The molecule has 3 aromatic rings. The van der Waals surface area contributed by atoms with Crippen LogP contribution in [0.4, 0.5) is 13.2 Å². The lowest BCUT2D eigenvalue weighted by molar-refractivity contribution is -0.136. The number of halogens is 3. The number of fused-ring (bicyclic) bond motifs is 1. The van der Waals surface area contributed by atoms with E-state index in [4.69, 9.17) is 4.52 Å². The molecule has 4 heterocycles. The van der Waals surface area contributed by atoms with Crippen LogP contribution in [0.1, 0.15) is 71.5 Å². The Morgan fingerprint density at radius 3 is 2.53 bits per heavy atom. The summed E-state index contributed by atoms with van der Waals surface area (Å²) in [7, 11) is 0. The van der Waals surface area contributed by atoms with Crippen LogP contribution in [0.15, 0.2) is 27.5 Å². The second-order valence-electron chi connectivity index (χ2n) is 8.43. The molecule has 1 aliphatic rings. The van der Waals surface area contributed by atoms with Crippen LogP contribution in [0.3, 0.4) is 0 Å². The first-order valence-corrected chi connectivity index (χ1v) is 10.4. The number of piperidine rings is 1. The number of hydrogen-bond donors (Lipinski definition) is 1. The number of likely N-dealkylation sites (tertiary alicyclic amines) is 1. The van der Waals surface area contributed by atoms with Crippen molar-refractivity contribution >= 4 is 17.0 Å². The molecule has 1 aliphatic heterocycles. The third kappa shape index (κ3) is 4.01. The normalized spacial score (nSPS) is 15.7. The van der Waals surface area contributed by atoms with Gasteiger partial charge in [-0.2, -0.15) is 13.2 Å². The molecule has 3 aromatic heterocycles. The smallest absolute Gasteiger partial charge is 0.338 e. The number of nitrogens with one attached hydrogen (secondary N) is 1. The summed E-state index contributed by atoms with van der Waals surface area (Å²) in [6.07, 6.45) is -3.76. The fourth-order valence-corrected chi connectivity index (χ4v) is 4.12. The summed E-state index contributed by atoms with van der Waals surface area (Å²) < 4.78 is 46.0. The molecule has 0 spiro atoms. The monoisotopic (exact) mass is 448 g/mol. The Labute approximate surface area is 181 Å². The minimum atomic E-state index is -4.56. The van der Waals surface area contributed by atoms with Crippen molar-refractivity contribution in [1.82, 2.24) is 20.0 Å². The van der Waals surface area contributed by atoms with Crippen LogP contribution in [-0.2, 0) is 6.18 Å². The number of pyridine rings is 2. The van der Waals surface area contributed by atoms with Gasteiger partial charge in [-0.1, -0.05) is 19.0 Å². The van der Waals surface area contributed by atoms with Gasteiger partial charge in [0.25, 0.3) is 17.2 Å². The molecule has 1 fully saturated rings. The van der Waals surface area contributed by atoms with Gasteiger partial charge >= 0.3 is 6.18 Å². The molecule has 10 heteroatoms. The quantitative estimate of drug-likeness (QED) is 0.642. The molecule has 1 saturated heterocycles. The van der Waals surface area contributed by atoms with Crippen LogP contribution in [-0.4, -0.2) is 39.0 Å². The number of aryl methyl sites for hydroxylation is 1. The van der Waals surface area contributed by atoms with Crippen LogP contribution in [0.25, 0.3) is 11.1 Å². The van der Waals surface area contributed by atoms with Gasteiger partial charge in [0.2, 0.25) is 0 Å². The van der Waals surface area contributed by atoms with Gasteiger partial charge in [-0.15, -0.1) is 0 Å². The predicted octanol–water partition coefficient (Wildman–Crippen LogP) is 4.38. The number of H-pyrrole nitrogens is 1. The number of amides is 1. The summed E-state index contributed by atoms with van der Waals surface area (Å²) >= 11 is 0. The zero-order valence-corrected chi connectivity index (χ0v) is 17.9. The highest BCUT2D eigenvalue weighted by atomic mass is 19.4. The van der Waals surface area contributed by atoms with E-state index in [1.165, 1.54) is 13.0 Å². The summed E-state index contributed by atoms with van der Waals surface area (Å²) in [5.41, 5.74) is -0.185. The van der Waals surface area contributed by atoms with Gasteiger partial charge in [-0.05, 0) is 43.9 Å². The van der Waals surface area contributed by atoms with Gasteiger partial charge in [0.1, 0.15) is 5.56 Å². The van der Waals surface area contributed by atoms with Crippen LogP contribution in [0, 0.1) is 6.92 Å². The summed E-state index contributed by atoms with van der Waals surface area (Å²) in [6, 6.07) is 4.24. The van der Waals surface area contributed by atoms with Crippen molar-refractivity contribution in [2.45, 2.75) is 51.6 Å². The number of carbonyl (C=O) groups is 1. The molecule has 0 atom stereocenters. The number of nitrogens with zero attached hydrogens (tertiary/aromatic N) is 3. The molecule has 1 N–H and O–H groups in total. The first-order chi connectivity index (χ1) is 15.1. The maximum absolute atomic E-state index is 13.6. The highest BCUT2D eigenvalue weighted by Gasteiger charge is 2.38. The molecular formula is C22H23F3N4O3. The van der Waals surface area contributed by atoms with Gasteiger partial charge in [0, 0.05) is 30.4 Å². The third-order valence-electron chi connectivity index (χ3n) is 5.86. The van der Waals surface area contributed by atoms with E-state index in [2.05, 4.69) is 15.1 Å². The van der Waals surface area contributed by atoms with Gasteiger partial charge in [-0.3, -0.25) is 9.59 Å². The standard InChI is InChI=1S/C22H23F3N4O3/c1-11(2)16-5-4-14(19(30)27-16)21(31)29-8-6-13(7-9-29)18-17-15(22(23,24)25)10-12(3)26-20(17)32-28-18/h4-5,10-11,13H,6-9H2,1-3H3,(H,27,30). The summed E-state index contributed by atoms with van der Waals surface area (Å²) in [5.74, 6) is -0.578. The third-order valence-corrected chi connectivity index (χ3v) is 5.86. The van der Waals surface area contributed by atoms with Crippen molar-refractivity contribution in [2.75, 3.05) is 13.1 Å². The van der Waals surface area contributed by atoms with Crippen molar-refractivity contribution in [3.05, 3.63) is 56.8 Å². The fraction of sp³-hybridized carbons (Fsp3) is 0.455. The number of aromatic amines is 1. The molecule has 1 amide bonds. The summed E-state index contributed by atoms with van der Waals surface area (Å²) in [5, 5.41) is 3.79. The van der Waals surface area contributed by atoms with E-state index >= 15 is 0 Å². The van der Waals surface area contributed by atoms with E-state index < -0.39 is 23.2 Å². The molecule has 32 heavy (non-hydrogen) atoms. The Morgan fingerprint density at radius 1 is 1.25 bits per heavy atom.